The van der Waals surface area contributed by atoms with Gasteiger partial charge in [-0.3, -0.25) is 4.79 Å². The number of carbonyl (C=O) groups is 1. The van der Waals surface area contributed by atoms with Gasteiger partial charge in [0.05, 0.1) is 11.6 Å². The number of nitrogens with zero attached hydrogens (tertiary/aromatic N) is 1. The fraction of sp³-hybridized carbons (Fsp3) is 0.500. The zero-order valence-corrected chi connectivity index (χ0v) is 13.5. The monoisotopic (exact) mass is 328 g/mol. The first-order valence-corrected chi connectivity index (χ1v) is 6.89. The van der Waals surface area contributed by atoms with Gasteiger partial charge >= 0.3 is 0 Å². The van der Waals surface area contributed by atoms with Crippen LogP contribution in [0.5, 0.6) is 5.75 Å². The smallest absolute Gasteiger partial charge is 0.253 e. The number of nitrogens with two attached hydrogens (primary N) is 1. The largest absolute Gasteiger partial charge is 0.496 e. The fourth-order valence-corrected chi connectivity index (χ4v) is 2.34. The molecule has 0 saturated heterocycles. The van der Waals surface area contributed by atoms with Crippen LogP contribution in [0.4, 0.5) is 0 Å². The second-order valence-electron chi connectivity index (χ2n) is 5.38. The van der Waals surface area contributed by atoms with Gasteiger partial charge in [-0.15, -0.1) is 0 Å². The van der Waals surface area contributed by atoms with Gasteiger partial charge in [0.25, 0.3) is 5.91 Å². The summed E-state index contributed by atoms with van der Waals surface area (Å²) in [5.41, 5.74) is 6.23. The van der Waals surface area contributed by atoms with Crippen molar-refractivity contribution < 1.29 is 9.53 Å². The van der Waals surface area contributed by atoms with Crippen molar-refractivity contribution in [2.45, 2.75) is 13.8 Å². The summed E-state index contributed by atoms with van der Waals surface area (Å²) in [6.45, 7) is 5.24. The van der Waals surface area contributed by atoms with Gasteiger partial charge in [-0.05, 0) is 46.1 Å². The maximum absolute atomic E-state index is 12.3. The maximum atomic E-state index is 12.3. The molecule has 0 aromatic heterocycles. The fourth-order valence-electron chi connectivity index (χ4n) is 1.80. The SMILES string of the molecule is COc1ccc(C(=O)N(C)CC(C)(C)CN)cc1Br. The Hall–Kier alpha value is -1.07. The summed E-state index contributed by atoms with van der Waals surface area (Å²) in [6.07, 6.45) is 0. The number of halogens is 1. The normalized spacial score (nSPS) is 11.3. The van der Waals surface area contributed by atoms with Crippen molar-refractivity contribution in [3.63, 3.8) is 0 Å². The van der Waals surface area contributed by atoms with E-state index in [1.807, 2.05) is 13.8 Å². The van der Waals surface area contributed by atoms with Crippen LogP contribution in [-0.4, -0.2) is 38.1 Å². The van der Waals surface area contributed by atoms with Crippen LogP contribution in [-0.2, 0) is 0 Å². The van der Waals surface area contributed by atoms with Crippen molar-refractivity contribution >= 4 is 21.8 Å². The zero-order chi connectivity index (χ0) is 14.6. The molecular weight excluding hydrogens is 308 g/mol. The van der Waals surface area contributed by atoms with Gasteiger partial charge in [-0.2, -0.15) is 0 Å². The molecule has 5 heteroatoms. The van der Waals surface area contributed by atoms with Crippen LogP contribution >= 0.6 is 15.9 Å². The third kappa shape index (κ3) is 4.21. The molecule has 0 unspecified atom stereocenters. The van der Waals surface area contributed by atoms with Crippen molar-refractivity contribution in [2.24, 2.45) is 11.1 Å². The Bertz CT molecular complexity index is 461. The summed E-state index contributed by atoms with van der Waals surface area (Å²) in [5.74, 6) is 0.686. The van der Waals surface area contributed by atoms with E-state index in [9.17, 15) is 4.79 Å². The predicted molar refractivity (Wildman–Crippen MR) is 80.5 cm³/mol. The van der Waals surface area contributed by atoms with E-state index in [0.29, 0.717) is 24.4 Å². The number of rotatable bonds is 5. The van der Waals surface area contributed by atoms with E-state index < -0.39 is 0 Å². The minimum absolute atomic E-state index is 0.0233. The highest BCUT2D eigenvalue weighted by Gasteiger charge is 2.22. The summed E-state index contributed by atoms with van der Waals surface area (Å²) >= 11 is 3.38. The molecule has 0 aliphatic carbocycles. The summed E-state index contributed by atoms with van der Waals surface area (Å²) in [6, 6.07) is 5.31. The molecule has 1 amide bonds. The number of methoxy groups -OCH3 is 1. The van der Waals surface area contributed by atoms with E-state index in [4.69, 9.17) is 10.5 Å². The molecule has 1 rings (SSSR count). The lowest BCUT2D eigenvalue weighted by Gasteiger charge is -2.29. The van der Waals surface area contributed by atoms with Gasteiger partial charge in [-0.1, -0.05) is 13.8 Å². The van der Waals surface area contributed by atoms with Crippen LogP contribution in [0.3, 0.4) is 0 Å². The van der Waals surface area contributed by atoms with E-state index in [-0.39, 0.29) is 11.3 Å². The molecule has 0 bridgehead atoms. The number of benzene rings is 1. The Balaban J connectivity index is 2.85. The maximum Gasteiger partial charge on any atom is 0.253 e. The minimum Gasteiger partial charge on any atom is -0.496 e. The molecule has 106 valence electrons. The molecule has 0 aliphatic rings. The Morgan fingerprint density at radius 2 is 2.11 bits per heavy atom. The number of hydrogen-bond acceptors (Lipinski definition) is 3. The highest BCUT2D eigenvalue weighted by atomic mass is 79.9. The molecule has 1 aromatic rings. The number of carbonyl (C=O) groups excluding carboxylic acids is 1. The first kappa shape index (κ1) is 16.0. The predicted octanol–water partition coefficient (Wildman–Crippen LogP) is 2.51. The summed E-state index contributed by atoms with van der Waals surface area (Å²) in [4.78, 5) is 14.0. The molecule has 0 radical (unpaired) electrons. The number of ether oxygens (including phenoxy) is 1. The molecule has 0 spiro atoms. The minimum atomic E-state index is -0.0892. The summed E-state index contributed by atoms with van der Waals surface area (Å²) < 4.78 is 5.92. The lowest BCUT2D eigenvalue weighted by Crippen LogP contribution is -2.39. The first-order valence-electron chi connectivity index (χ1n) is 6.10. The van der Waals surface area contributed by atoms with Crippen LogP contribution in [0.2, 0.25) is 0 Å². The van der Waals surface area contributed by atoms with Gasteiger partial charge in [-0.25, -0.2) is 0 Å². The molecule has 0 saturated carbocycles. The average molecular weight is 329 g/mol. The quantitative estimate of drug-likeness (QED) is 0.903. The standard InChI is InChI=1S/C14H21BrN2O2/c1-14(2,8-16)9-17(3)13(18)10-5-6-12(19-4)11(15)7-10/h5-7H,8-9,16H2,1-4H3. The van der Waals surface area contributed by atoms with Crippen LogP contribution in [0.25, 0.3) is 0 Å². The van der Waals surface area contributed by atoms with Gasteiger partial charge in [0.1, 0.15) is 5.75 Å². The second-order valence-corrected chi connectivity index (χ2v) is 6.23. The first-order chi connectivity index (χ1) is 8.80. The Morgan fingerprint density at radius 1 is 1.47 bits per heavy atom. The molecule has 0 heterocycles. The molecule has 2 N–H and O–H groups in total. The van der Waals surface area contributed by atoms with Crippen LogP contribution in [0.15, 0.2) is 22.7 Å². The second kappa shape index (κ2) is 6.39. The van der Waals surface area contributed by atoms with Crippen molar-refractivity contribution in [1.82, 2.24) is 4.90 Å². The molecule has 0 fully saturated rings. The van der Waals surface area contributed by atoms with E-state index in [2.05, 4.69) is 15.9 Å². The van der Waals surface area contributed by atoms with E-state index >= 15 is 0 Å². The third-order valence-corrected chi connectivity index (χ3v) is 3.58. The summed E-state index contributed by atoms with van der Waals surface area (Å²) in [5, 5.41) is 0. The van der Waals surface area contributed by atoms with Gasteiger partial charge in [0.15, 0.2) is 0 Å². The highest BCUT2D eigenvalue weighted by Crippen LogP contribution is 2.26. The summed E-state index contributed by atoms with van der Waals surface area (Å²) in [7, 11) is 3.38. The highest BCUT2D eigenvalue weighted by molar-refractivity contribution is 9.10. The van der Waals surface area contributed by atoms with Gasteiger partial charge in [0, 0.05) is 19.2 Å². The van der Waals surface area contributed by atoms with Crippen LogP contribution in [0.1, 0.15) is 24.2 Å². The Labute approximate surface area is 123 Å². The molecule has 0 atom stereocenters. The van der Waals surface area contributed by atoms with Gasteiger partial charge in [0.2, 0.25) is 0 Å². The average Bonchev–Trinajstić information content (AvgIpc) is 2.37. The zero-order valence-electron chi connectivity index (χ0n) is 11.9. The van der Waals surface area contributed by atoms with Crippen molar-refractivity contribution in [1.29, 1.82) is 0 Å². The molecule has 19 heavy (non-hydrogen) atoms. The van der Waals surface area contributed by atoms with Crippen molar-refractivity contribution in [3.05, 3.63) is 28.2 Å². The third-order valence-electron chi connectivity index (χ3n) is 2.96. The van der Waals surface area contributed by atoms with Crippen LogP contribution < -0.4 is 10.5 Å². The Kier molecular flexibility index (Phi) is 5.38. The topological polar surface area (TPSA) is 55.6 Å². The molecule has 1 aromatic carbocycles. The van der Waals surface area contributed by atoms with Crippen molar-refractivity contribution in [3.8, 4) is 5.75 Å². The lowest BCUT2D eigenvalue weighted by molar-refractivity contribution is 0.0740. The molecular formula is C14H21BrN2O2. The lowest BCUT2D eigenvalue weighted by atomic mass is 9.93. The van der Waals surface area contributed by atoms with E-state index in [1.54, 1.807) is 37.3 Å². The molecule has 0 aliphatic heterocycles. The number of hydrogen-bond donors (Lipinski definition) is 1. The van der Waals surface area contributed by atoms with Crippen molar-refractivity contribution in [2.75, 3.05) is 27.2 Å². The van der Waals surface area contributed by atoms with Crippen LogP contribution in [0, 0.1) is 5.41 Å². The van der Waals surface area contributed by atoms with Gasteiger partial charge < -0.3 is 15.4 Å². The molecule has 4 nitrogen and oxygen atoms in total. The van der Waals surface area contributed by atoms with E-state index in [1.165, 1.54) is 0 Å². The van der Waals surface area contributed by atoms with E-state index in [0.717, 1.165) is 4.47 Å². The Morgan fingerprint density at radius 3 is 2.58 bits per heavy atom. The number of amides is 1.